The first-order valence-electron chi connectivity index (χ1n) is 6.57. The van der Waals surface area contributed by atoms with E-state index in [9.17, 15) is 4.79 Å². The van der Waals surface area contributed by atoms with E-state index in [0.29, 0.717) is 5.82 Å². The fraction of sp³-hybridized carbons (Fsp3) is 0.133. The van der Waals surface area contributed by atoms with Crippen molar-refractivity contribution in [2.75, 3.05) is 5.32 Å². The lowest BCUT2D eigenvalue weighted by Crippen LogP contribution is -2.19. The lowest BCUT2D eigenvalue weighted by molar-refractivity contribution is -0.116. The minimum Gasteiger partial charge on any atom is -0.327 e. The average Bonchev–Trinajstić information content (AvgIpc) is 3.10. The van der Waals surface area contributed by atoms with Gasteiger partial charge in [0.15, 0.2) is 0 Å². The molecule has 3 rings (SSSR count). The van der Waals surface area contributed by atoms with Crippen molar-refractivity contribution in [1.82, 2.24) is 19.3 Å². The third-order valence-corrected chi connectivity index (χ3v) is 3.12. The van der Waals surface area contributed by atoms with Gasteiger partial charge in [-0.15, -0.1) is 0 Å². The molecule has 21 heavy (non-hydrogen) atoms. The zero-order valence-electron chi connectivity index (χ0n) is 11.6. The third kappa shape index (κ3) is 3.00. The predicted molar refractivity (Wildman–Crippen MR) is 79.5 cm³/mol. The predicted octanol–water partition coefficient (Wildman–Crippen LogP) is 1.92. The number of carbonyl (C=O) groups excluding carboxylic acids is 1. The SMILES string of the molecule is Cn1nccc1NC(=O)Cn1cnc(-c2ccccc2)c1. The molecule has 2 aromatic heterocycles. The van der Waals surface area contributed by atoms with Crippen LogP contribution in [-0.2, 0) is 18.4 Å². The number of carbonyl (C=O) groups is 1. The molecule has 0 fully saturated rings. The highest BCUT2D eigenvalue weighted by molar-refractivity contribution is 5.89. The number of imidazole rings is 1. The fourth-order valence-corrected chi connectivity index (χ4v) is 2.05. The summed E-state index contributed by atoms with van der Waals surface area (Å²) in [7, 11) is 1.78. The molecule has 0 unspecified atom stereocenters. The Balaban J connectivity index is 1.67. The summed E-state index contributed by atoms with van der Waals surface area (Å²) >= 11 is 0. The molecule has 1 aromatic carbocycles. The maximum atomic E-state index is 12.0. The lowest BCUT2D eigenvalue weighted by Gasteiger charge is -2.05. The van der Waals surface area contributed by atoms with E-state index in [1.165, 1.54) is 0 Å². The van der Waals surface area contributed by atoms with E-state index in [4.69, 9.17) is 0 Å². The second-order valence-corrected chi connectivity index (χ2v) is 4.69. The molecule has 0 aliphatic heterocycles. The molecule has 0 bridgehead atoms. The number of nitrogens with zero attached hydrogens (tertiary/aromatic N) is 4. The van der Waals surface area contributed by atoms with E-state index in [-0.39, 0.29) is 12.5 Å². The third-order valence-electron chi connectivity index (χ3n) is 3.12. The number of rotatable bonds is 4. The van der Waals surface area contributed by atoms with Gasteiger partial charge in [0.25, 0.3) is 0 Å². The van der Waals surface area contributed by atoms with Crippen LogP contribution in [0.5, 0.6) is 0 Å². The summed E-state index contributed by atoms with van der Waals surface area (Å²) in [6.45, 7) is 0.213. The largest absolute Gasteiger partial charge is 0.327 e. The van der Waals surface area contributed by atoms with Gasteiger partial charge in [-0.3, -0.25) is 9.48 Å². The highest BCUT2D eigenvalue weighted by Gasteiger charge is 2.07. The summed E-state index contributed by atoms with van der Waals surface area (Å²) in [6.07, 6.45) is 5.16. The van der Waals surface area contributed by atoms with Crippen LogP contribution >= 0.6 is 0 Å². The van der Waals surface area contributed by atoms with Crippen molar-refractivity contribution in [1.29, 1.82) is 0 Å². The fourth-order valence-electron chi connectivity index (χ4n) is 2.05. The second-order valence-electron chi connectivity index (χ2n) is 4.69. The molecule has 6 heteroatoms. The maximum absolute atomic E-state index is 12.0. The standard InChI is InChI=1S/C15H15N5O/c1-19-14(7-8-17-19)18-15(21)10-20-9-13(16-11-20)12-5-3-2-4-6-12/h2-9,11H,10H2,1H3,(H,18,21). The molecule has 0 aliphatic carbocycles. The van der Waals surface area contributed by atoms with Crippen LogP contribution in [0.3, 0.4) is 0 Å². The molecule has 106 valence electrons. The van der Waals surface area contributed by atoms with Crippen LogP contribution in [0.1, 0.15) is 0 Å². The van der Waals surface area contributed by atoms with Gasteiger partial charge >= 0.3 is 0 Å². The topological polar surface area (TPSA) is 64.7 Å². The molecular formula is C15H15N5O. The molecule has 0 saturated carbocycles. The van der Waals surface area contributed by atoms with E-state index in [1.807, 2.05) is 36.5 Å². The highest BCUT2D eigenvalue weighted by atomic mass is 16.2. The van der Waals surface area contributed by atoms with Gasteiger partial charge in [0.2, 0.25) is 5.91 Å². The van der Waals surface area contributed by atoms with Gasteiger partial charge in [-0.25, -0.2) is 4.98 Å². The Labute approximate surface area is 122 Å². The van der Waals surface area contributed by atoms with Crippen LogP contribution < -0.4 is 5.32 Å². The Morgan fingerprint density at radius 1 is 1.24 bits per heavy atom. The normalized spacial score (nSPS) is 10.5. The van der Waals surface area contributed by atoms with Crippen molar-refractivity contribution in [2.45, 2.75) is 6.54 Å². The van der Waals surface area contributed by atoms with Crippen molar-refractivity contribution in [3.8, 4) is 11.3 Å². The zero-order chi connectivity index (χ0) is 14.7. The van der Waals surface area contributed by atoms with Gasteiger partial charge in [-0.2, -0.15) is 5.10 Å². The van der Waals surface area contributed by atoms with Gasteiger partial charge in [-0.05, 0) is 0 Å². The first-order chi connectivity index (χ1) is 10.2. The second kappa shape index (κ2) is 5.62. The Hall–Kier alpha value is -2.89. The van der Waals surface area contributed by atoms with E-state index in [1.54, 1.807) is 34.9 Å². The van der Waals surface area contributed by atoms with Crippen molar-refractivity contribution in [2.24, 2.45) is 7.05 Å². The van der Waals surface area contributed by atoms with Crippen molar-refractivity contribution < 1.29 is 4.79 Å². The van der Waals surface area contributed by atoms with Gasteiger partial charge in [0, 0.05) is 24.9 Å². The van der Waals surface area contributed by atoms with Crippen LogP contribution in [0.2, 0.25) is 0 Å². The number of anilines is 1. The van der Waals surface area contributed by atoms with Gasteiger partial charge in [0.05, 0.1) is 18.2 Å². The van der Waals surface area contributed by atoms with Gasteiger partial charge in [-0.1, -0.05) is 30.3 Å². The lowest BCUT2D eigenvalue weighted by atomic mass is 10.2. The van der Waals surface area contributed by atoms with Crippen molar-refractivity contribution in [3.63, 3.8) is 0 Å². The van der Waals surface area contributed by atoms with Crippen LogP contribution in [0.15, 0.2) is 55.1 Å². The molecule has 6 nitrogen and oxygen atoms in total. The zero-order valence-corrected chi connectivity index (χ0v) is 11.6. The number of hydrogen-bond acceptors (Lipinski definition) is 3. The molecule has 0 atom stereocenters. The highest BCUT2D eigenvalue weighted by Crippen LogP contribution is 2.15. The van der Waals surface area contributed by atoms with E-state index < -0.39 is 0 Å². The van der Waals surface area contributed by atoms with Crippen LogP contribution in [0.4, 0.5) is 5.82 Å². The first-order valence-corrected chi connectivity index (χ1v) is 6.57. The Morgan fingerprint density at radius 3 is 2.76 bits per heavy atom. The molecule has 1 amide bonds. The molecule has 3 aromatic rings. The summed E-state index contributed by atoms with van der Waals surface area (Å²) < 4.78 is 3.37. The number of amides is 1. The first kappa shape index (κ1) is 13.1. The molecule has 0 radical (unpaired) electrons. The molecule has 0 spiro atoms. The maximum Gasteiger partial charge on any atom is 0.245 e. The molecule has 0 aliphatic rings. The minimum atomic E-state index is -0.115. The minimum absolute atomic E-state index is 0.115. The Bertz CT molecular complexity index is 744. The van der Waals surface area contributed by atoms with Crippen LogP contribution in [-0.4, -0.2) is 25.2 Å². The summed E-state index contributed by atoms with van der Waals surface area (Å²) in [4.78, 5) is 16.3. The Morgan fingerprint density at radius 2 is 2.05 bits per heavy atom. The molecule has 1 N–H and O–H groups in total. The smallest absolute Gasteiger partial charge is 0.245 e. The van der Waals surface area contributed by atoms with Crippen molar-refractivity contribution in [3.05, 3.63) is 55.1 Å². The monoisotopic (exact) mass is 281 g/mol. The van der Waals surface area contributed by atoms with Crippen LogP contribution in [0, 0.1) is 0 Å². The summed E-state index contributed by atoms with van der Waals surface area (Å²) in [6, 6.07) is 11.6. The van der Waals surface area contributed by atoms with E-state index in [0.717, 1.165) is 11.3 Å². The van der Waals surface area contributed by atoms with Gasteiger partial charge < -0.3 is 9.88 Å². The molecular weight excluding hydrogens is 266 g/mol. The number of benzene rings is 1. The number of nitrogens with one attached hydrogen (secondary N) is 1. The van der Waals surface area contributed by atoms with E-state index >= 15 is 0 Å². The summed E-state index contributed by atoms with van der Waals surface area (Å²) in [5.74, 6) is 0.555. The number of aryl methyl sites for hydroxylation is 1. The molecule has 2 heterocycles. The Kier molecular flexibility index (Phi) is 3.51. The number of aromatic nitrogens is 4. The summed E-state index contributed by atoms with van der Waals surface area (Å²) in [5.41, 5.74) is 1.88. The molecule has 0 saturated heterocycles. The van der Waals surface area contributed by atoms with Crippen molar-refractivity contribution >= 4 is 11.7 Å². The summed E-state index contributed by atoms with van der Waals surface area (Å²) in [5, 5.41) is 6.80. The number of hydrogen-bond donors (Lipinski definition) is 1. The van der Waals surface area contributed by atoms with E-state index in [2.05, 4.69) is 15.4 Å². The average molecular weight is 281 g/mol. The quantitative estimate of drug-likeness (QED) is 0.794. The van der Waals surface area contributed by atoms with Gasteiger partial charge in [0.1, 0.15) is 12.4 Å². The van der Waals surface area contributed by atoms with Crippen LogP contribution in [0.25, 0.3) is 11.3 Å².